The Hall–Kier alpha value is -3.00. The molecule has 166 valence electrons. The average molecular weight is 429 g/mol. The molecule has 7 nitrogen and oxygen atoms in total. The summed E-state index contributed by atoms with van der Waals surface area (Å²) in [6.07, 6.45) is 11.5. The van der Waals surface area contributed by atoms with Crippen LogP contribution in [0.5, 0.6) is 5.75 Å². The maximum Gasteiger partial charge on any atom is 0.307 e. The van der Waals surface area contributed by atoms with Crippen molar-refractivity contribution in [1.82, 2.24) is 9.97 Å². The van der Waals surface area contributed by atoms with Crippen LogP contribution in [-0.2, 0) is 22.6 Å². The number of rotatable bonds is 11. The number of methoxy groups -OCH3 is 1. The Morgan fingerprint density at radius 2 is 2.10 bits per heavy atom. The normalized spacial score (nSPS) is 15.8. The third-order valence-corrected chi connectivity index (χ3v) is 5.14. The number of carboxylic acids is 1. The Balaban J connectivity index is 1.36. The molecule has 1 atom stereocenters. The molecule has 1 aromatic heterocycles. The van der Waals surface area contributed by atoms with E-state index in [1.165, 1.54) is 12.1 Å². The molecule has 0 aliphatic carbocycles. The lowest BCUT2D eigenvalue weighted by atomic mass is 9.96. The van der Waals surface area contributed by atoms with Gasteiger partial charge in [0.1, 0.15) is 11.6 Å². The van der Waals surface area contributed by atoms with E-state index < -0.39 is 11.8 Å². The monoisotopic (exact) mass is 429 g/mol. The summed E-state index contributed by atoms with van der Waals surface area (Å²) in [5.74, 6) is 0.0340. The summed E-state index contributed by atoms with van der Waals surface area (Å²) >= 11 is 0. The first-order valence-corrected chi connectivity index (χ1v) is 10.4. The number of nitrogens with zero attached hydrogens (tertiary/aromatic N) is 3. The first kappa shape index (κ1) is 22.7. The number of carboxylic acid groups (broad SMARTS) is 1. The van der Waals surface area contributed by atoms with Crippen molar-refractivity contribution in [2.24, 2.45) is 5.92 Å². The van der Waals surface area contributed by atoms with Gasteiger partial charge in [0.25, 0.3) is 0 Å². The quantitative estimate of drug-likeness (QED) is 0.541. The Kier molecular flexibility index (Phi) is 8.35. The summed E-state index contributed by atoms with van der Waals surface area (Å²) in [6.45, 7) is 1.89. The van der Waals surface area contributed by atoms with E-state index in [1.54, 1.807) is 25.6 Å². The summed E-state index contributed by atoms with van der Waals surface area (Å²) in [7, 11) is 1.65. The third-order valence-electron chi connectivity index (χ3n) is 5.14. The van der Waals surface area contributed by atoms with Gasteiger partial charge in [-0.25, -0.2) is 14.4 Å². The Labute approximate surface area is 181 Å². The highest BCUT2D eigenvalue weighted by molar-refractivity contribution is 5.70. The molecule has 31 heavy (non-hydrogen) atoms. The van der Waals surface area contributed by atoms with E-state index in [0.717, 1.165) is 37.8 Å². The molecular formula is C23H28FN3O4. The number of ether oxygens (including phenoxy) is 2. The van der Waals surface area contributed by atoms with E-state index in [4.69, 9.17) is 14.6 Å². The fourth-order valence-electron chi connectivity index (χ4n) is 3.47. The molecule has 3 rings (SSSR count). The average Bonchev–Trinajstić information content (AvgIpc) is 2.76. The maximum absolute atomic E-state index is 13.9. The van der Waals surface area contributed by atoms with Crippen LogP contribution < -0.4 is 9.64 Å². The maximum atomic E-state index is 13.9. The summed E-state index contributed by atoms with van der Waals surface area (Å²) in [5, 5.41) is 8.75. The van der Waals surface area contributed by atoms with Gasteiger partial charge in [0.15, 0.2) is 0 Å². The minimum atomic E-state index is -1.06. The number of unbranched alkanes of at least 4 members (excludes halogenated alkanes) is 1. The van der Waals surface area contributed by atoms with E-state index >= 15 is 0 Å². The van der Waals surface area contributed by atoms with Gasteiger partial charge < -0.3 is 19.5 Å². The van der Waals surface area contributed by atoms with Crippen molar-refractivity contribution in [2.45, 2.75) is 38.7 Å². The molecule has 0 spiro atoms. The van der Waals surface area contributed by atoms with Crippen LogP contribution >= 0.6 is 0 Å². The third kappa shape index (κ3) is 7.03. The van der Waals surface area contributed by atoms with Crippen molar-refractivity contribution >= 4 is 11.9 Å². The number of carbonyl (C=O) groups is 1. The van der Waals surface area contributed by atoms with Crippen molar-refractivity contribution in [3.8, 4) is 5.75 Å². The number of benzene rings is 1. The zero-order valence-electron chi connectivity index (χ0n) is 17.7. The van der Waals surface area contributed by atoms with Gasteiger partial charge in [-0.15, -0.1) is 0 Å². The first-order valence-electron chi connectivity index (χ1n) is 10.4. The molecular weight excluding hydrogens is 401 g/mol. The molecule has 8 heteroatoms. The van der Waals surface area contributed by atoms with E-state index in [-0.39, 0.29) is 12.0 Å². The molecule has 0 fully saturated rings. The van der Waals surface area contributed by atoms with E-state index in [1.807, 2.05) is 0 Å². The summed E-state index contributed by atoms with van der Waals surface area (Å²) < 4.78 is 24.5. The van der Waals surface area contributed by atoms with E-state index in [9.17, 15) is 9.18 Å². The molecule has 1 aliphatic rings. The molecule has 1 aliphatic heterocycles. The van der Waals surface area contributed by atoms with Crippen molar-refractivity contribution in [3.05, 3.63) is 59.8 Å². The van der Waals surface area contributed by atoms with Gasteiger partial charge in [-0.05, 0) is 43.2 Å². The zero-order chi connectivity index (χ0) is 22.1. The number of hydrogen-bond acceptors (Lipinski definition) is 6. The van der Waals surface area contributed by atoms with Crippen molar-refractivity contribution in [3.63, 3.8) is 0 Å². The van der Waals surface area contributed by atoms with E-state index in [0.29, 0.717) is 30.8 Å². The lowest BCUT2D eigenvalue weighted by Crippen LogP contribution is -2.25. The number of anilines is 1. The smallest absolute Gasteiger partial charge is 0.307 e. The molecule has 1 unspecified atom stereocenters. The highest BCUT2D eigenvalue weighted by atomic mass is 19.1. The minimum absolute atomic E-state index is 0.161. The van der Waals surface area contributed by atoms with Gasteiger partial charge in [0.05, 0.1) is 19.6 Å². The number of aromatic nitrogens is 2. The van der Waals surface area contributed by atoms with Crippen LogP contribution in [0.2, 0.25) is 0 Å². The SMILES string of the molecule is COCc1cnc(N2C=CC(CCCCOc3ccc(CC(=O)O)c(F)c3)CC2)nc1. The lowest BCUT2D eigenvalue weighted by molar-refractivity contribution is -0.136. The second-order valence-corrected chi connectivity index (χ2v) is 7.58. The summed E-state index contributed by atoms with van der Waals surface area (Å²) in [4.78, 5) is 21.5. The van der Waals surface area contributed by atoms with Crippen LogP contribution in [0.15, 0.2) is 42.9 Å². The van der Waals surface area contributed by atoms with Crippen LogP contribution in [0.3, 0.4) is 0 Å². The van der Waals surface area contributed by atoms with Gasteiger partial charge in [0, 0.05) is 43.9 Å². The van der Waals surface area contributed by atoms with E-state index in [2.05, 4.69) is 27.1 Å². The standard InChI is InChI=1S/C23H28FN3O4/c1-30-16-18-14-25-23(26-15-18)27-9-7-17(8-10-27)4-2-3-11-31-20-6-5-19(12-22(28)29)21(24)13-20/h5-7,9,13-15,17H,2-4,8,10-12,16H2,1H3,(H,28,29). The van der Waals surface area contributed by atoms with Gasteiger partial charge in [-0.1, -0.05) is 12.1 Å². The molecule has 2 heterocycles. The zero-order valence-corrected chi connectivity index (χ0v) is 17.7. The van der Waals surface area contributed by atoms with Crippen LogP contribution in [0.4, 0.5) is 10.3 Å². The largest absolute Gasteiger partial charge is 0.493 e. The Bertz CT molecular complexity index is 889. The second kappa shape index (κ2) is 11.4. The Morgan fingerprint density at radius 3 is 2.74 bits per heavy atom. The van der Waals surface area contributed by atoms with Gasteiger partial charge in [-0.2, -0.15) is 0 Å². The summed E-state index contributed by atoms with van der Waals surface area (Å²) in [6, 6.07) is 4.33. The fraction of sp³-hybridized carbons (Fsp3) is 0.435. The van der Waals surface area contributed by atoms with Gasteiger partial charge in [0.2, 0.25) is 5.95 Å². The molecule has 0 bridgehead atoms. The molecule has 1 aromatic carbocycles. The number of allylic oxidation sites excluding steroid dienone is 1. The van der Waals surface area contributed by atoms with Crippen molar-refractivity contribution in [1.29, 1.82) is 0 Å². The van der Waals surface area contributed by atoms with Gasteiger partial charge >= 0.3 is 5.97 Å². The molecule has 0 amide bonds. The minimum Gasteiger partial charge on any atom is -0.493 e. The first-order chi connectivity index (χ1) is 15.0. The number of halogens is 1. The number of aliphatic carboxylic acids is 1. The predicted octanol–water partition coefficient (Wildman–Crippen LogP) is 3.98. The molecule has 2 aromatic rings. The topological polar surface area (TPSA) is 84.8 Å². The van der Waals surface area contributed by atoms with Crippen LogP contribution in [0.25, 0.3) is 0 Å². The van der Waals surface area contributed by atoms with Gasteiger partial charge in [-0.3, -0.25) is 4.79 Å². The Morgan fingerprint density at radius 1 is 1.29 bits per heavy atom. The number of hydrogen-bond donors (Lipinski definition) is 1. The molecule has 1 N–H and O–H groups in total. The lowest BCUT2D eigenvalue weighted by Gasteiger charge is -2.26. The van der Waals surface area contributed by atoms with Crippen molar-refractivity contribution < 1.29 is 23.8 Å². The second-order valence-electron chi connectivity index (χ2n) is 7.58. The summed E-state index contributed by atoms with van der Waals surface area (Å²) in [5.41, 5.74) is 1.11. The van der Waals surface area contributed by atoms with Crippen LogP contribution in [0, 0.1) is 11.7 Å². The van der Waals surface area contributed by atoms with Crippen LogP contribution in [0.1, 0.15) is 36.8 Å². The fourth-order valence-corrected chi connectivity index (χ4v) is 3.47. The molecule has 0 saturated heterocycles. The highest BCUT2D eigenvalue weighted by Crippen LogP contribution is 2.23. The predicted molar refractivity (Wildman–Crippen MR) is 114 cm³/mol. The molecule has 0 radical (unpaired) electrons. The van der Waals surface area contributed by atoms with Crippen molar-refractivity contribution in [2.75, 3.05) is 25.2 Å². The molecule has 0 saturated carbocycles. The van der Waals surface area contributed by atoms with Crippen LogP contribution in [-0.4, -0.2) is 41.3 Å². The highest BCUT2D eigenvalue weighted by Gasteiger charge is 2.16.